The monoisotopic (exact) mass is 272 g/mol. The van der Waals surface area contributed by atoms with E-state index < -0.39 is 0 Å². The average Bonchev–Trinajstić information content (AvgIpc) is 2.27. The van der Waals surface area contributed by atoms with Gasteiger partial charge in [0, 0.05) is 20.1 Å². The Morgan fingerprint density at radius 2 is 2.13 bits per heavy atom. The highest BCUT2D eigenvalue weighted by Gasteiger charge is 2.12. The lowest BCUT2D eigenvalue weighted by atomic mass is 10.4. The molecule has 0 aliphatic carbocycles. The van der Waals surface area contributed by atoms with Crippen LogP contribution in [0.25, 0.3) is 0 Å². The van der Waals surface area contributed by atoms with Crippen LogP contribution < -0.4 is 10.2 Å². The molecular formula is C10H17BrN4. The number of nitrogens with one attached hydrogen (secondary N) is 1. The summed E-state index contributed by atoms with van der Waals surface area (Å²) in [7, 11) is 1.85. The van der Waals surface area contributed by atoms with Gasteiger partial charge in [0.2, 0.25) is 0 Å². The molecule has 0 amide bonds. The quantitative estimate of drug-likeness (QED) is 0.895. The second kappa shape index (κ2) is 5.90. The minimum absolute atomic E-state index is 0.828. The lowest BCUT2D eigenvalue weighted by Gasteiger charge is -2.22. The summed E-state index contributed by atoms with van der Waals surface area (Å²) < 4.78 is 0.933. The summed E-state index contributed by atoms with van der Waals surface area (Å²) in [6.07, 6.45) is 2.70. The van der Waals surface area contributed by atoms with Gasteiger partial charge in [-0.15, -0.1) is 0 Å². The molecule has 0 aliphatic rings. The Morgan fingerprint density at radius 1 is 1.40 bits per heavy atom. The van der Waals surface area contributed by atoms with Crippen LogP contribution in [0, 0.1) is 0 Å². The highest BCUT2D eigenvalue weighted by Crippen LogP contribution is 2.28. The molecule has 0 fully saturated rings. The third-order valence-electron chi connectivity index (χ3n) is 2.18. The van der Waals surface area contributed by atoms with Crippen LogP contribution in [0.15, 0.2) is 10.8 Å². The normalized spacial score (nSPS) is 10.1. The van der Waals surface area contributed by atoms with Crippen molar-refractivity contribution in [2.45, 2.75) is 20.3 Å². The van der Waals surface area contributed by atoms with Crippen molar-refractivity contribution >= 4 is 27.6 Å². The van der Waals surface area contributed by atoms with E-state index in [0.717, 1.165) is 35.6 Å². The maximum absolute atomic E-state index is 4.30. The van der Waals surface area contributed by atoms with E-state index in [2.05, 4.69) is 50.0 Å². The van der Waals surface area contributed by atoms with Crippen molar-refractivity contribution in [2.24, 2.45) is 0 Å². The van der Waals surface area contributed by atoms with Gasteiger partial charge in [0.1, 0.15) is 22.4 Å². The topological polar surface area (TPSA) is 41.1 Å². The molecule has 5 heteroatoms. The standard InChI is InChI=1S/C10H17BrN4/c1-4-6-15(5-2)10-8(11)9(12-3)13-7-14-10/h7H,4-6H2,1-3H3,(H,12,13,14). The zero-order valence-corrected chi connectivity index (χ0v) is 11.0. The lowest BCUT2D eigenvalue weighted by Crippen LogP contribution is -2.25. The van der Waals surface area contributed by atoms with Crippen LogP contribution in [0.3, 0.4) is 0 Å². The van der Waals surface area contributed by atoms with Gasteiger partial charge in [-0.1, -0.05) is 6.92 Å². The van der Waals surface area contributed by atoms with Gasteiger partial charge in [-0.25, -0.2) is 9.97 Å². The molecule has 0 unspecified atom stereocenters. The van der Waals surface area contributed by atoms with E-state index in [9.17, 15) is 0 Å². The first-order chi connectivity index (χ1) is 7.24. The highest BCUT2D eigenvalue weighted by atomic mass is 79.9. The largest absolute Gasteiger partial charge is 0.372 e. The molecule has 0 saturated carbocycles. The van der Waals surface area contributed by atoms with Gasteiger partial charge in [-0.2, -0.15) is 0 Å². The molecule has 1 aromatic rings. The van der Waals surface area contributed by atoms with E-state index in [0.29, 0.717) is 0 Å². The first-order valence-electron chi connectivity index (χ1n) is 5.17. The molecule has 1 rings (SSSR count). The Labute approximate surface area is 99.2 Å². The fourth-order valence-electron chi connectivity index (χ4n) is 1.44. The second-order valence-corrected chi connectivity index (χ2v) is 3.98. The van der Waals surface area contributed by atoms with Crippen molar-refractivity contribution in [2.75, 3.05) is 30.4 Å². The molecule has 15 heavy (non-hydrogen) atoms. The van der Waals surface area contributed by atoms with Crippen molar-refractivity contribution in [1.82, 2.24) is 9.97 Å². The van der Waals surface area contributed by atoms with E-state index in [1.807, 2.05) is 7.05 Å². The number of anilines is 2. The van der Waals surface area contributed by atoms with Gasteiger partial charge >= 0.3 is 0 Å². The molecule has 0 aliphatic heterocycles. The van der Waals surface area contributed by atoms with Gasteiger partial charge in [-0.3, -0.25) is 0 Å². The van der Waals surface area contributed by atoms with Gasteiger partial charge in [0.05, 0.1) is 0 Å². The summed E-state index contributed by atoms with van der Waals surface area (Å²) >= 11 is 3.52. The van der Waals surface area contributed by atoms with Crippen LogP contribution in [0.2, 0.25) is 0 Å². The lowest BCUT2D eigenvalue weighted by molar-refractivity contribution is 0.774. The van der Waals surface area contributed by atoms with Crippen LogP contribution in [0.5, 0.6) is 0 Å². The third kappa shape index (κ3) is 2.81. The van der Waals surface area contributed by atoms with Crippen LogP contribution >= 0.6 is 15.9 Å². The fourth-order valence-corrected chi connectivity index (χ4v) is 2.09. The molecule has 84 valence electrons. The van der Waals surface area contributed by atoms with Crippen molar-refractivity contribution in [3.05, 3.63) is 10.8 Å². The van der Waals surface area contributed by atoms with Gasteiger partial charge in [0.25, 0.3) is 0 Å². The molecule has 1 aromatic heterocycles. The maximum atomic E-state index is 4.30. The molecule has 1 heterocycles. The first-order valence-corrected chi connectivity index (χ1v) is 5.97. The Hall–Kier alpha value is -0.840. The molecule has 0 radical (unpaired) electrons. The van der Waals surface area contributed by atoms with Crippen molar-refractivity contribution < 1.29 is 0 Å². The van der Waals surface area contributed by atoms with Crippen LogP contribution in [-0.2, 0) is 0 Å². The summed E-state index contributed by atoms with van der Waals surface area (Å²) in [5.74, 6) is 1.79. The molecule has 0 bridgehead atoms. The molecule has 1 N–H and O–H groups in total. The minimum Gasteiger partial charge on any atom is -0.372 e. The summed E-state index contributed by atoms with van der Waals surface area (Å²) in [6.45, 7) is 6.25. The van der Waals surface area contributed by atoms with Crippen molar-refractivity contribution in [1.29, 1.82) is 0 Å². The van der Waals surface area contributed by atoms with E-state index in [4.69, 9.17) is 0 Å². The van der Waals surface area contributed by atoms with E-state index in [1.165, 1.54) is 0 Å². The van der Waals surface area contributed by atoms with Gasteiger partial charge in [-0.05, 0) is 29.3 Å². The Morgan fingerprint density at radius 3 is 2.67 bits per heavy atom. The number of aromatic nitrogens is 2. The average molecular weight is 273 g/mol. The Kier molecular flexibility index (Phi) is 4.81. The number of hydrogen-bond acceptors (Lipinski definition) is 4. The molecule has 0 saturated heterocycles. The summed E-state index contributed by atoms with van der Waals surface area (Å²) in [5, 5.41) is 3.03. The predicted octanol–water partition coefficient (Wildman–Crippen LogP) is 2.52. The molecule has 0 aromatic carbocycles. The van der Waals surface area contributed by atoms with Gasteiger partial charge in [0.15, 0.2) is 0 Å². The number of halogens is 1. The SMILES string of the molecule is CCCN(CC)c1ncnc(NC)c1Br. The summed E-state index contributed by atoms with van der Waals surface area (Å²) in [6, 6.07) is 0. The van der Waals surface area contributed by atoms with Crippen molar-refractivity contribution in [3.63, 3.8) is 0 Å². The summed E-state index contributed by atoms with van der Waals surface area (Å²) in [5.41, 5.74) is 0. The smallest absolute Gasteiger partial charge is 0.148 e. The minimum atomic E-state index is 0.828. The van der Waals surface area contributed by atoms with E-state index >= 15 is 0 Å². The first kappa shape index (κ1) is 12.2. The molecular weight excluding hydrogens is 256 g/mol. The molecule has 0 atom stereocenters. The van der Waals surface area contributed by atoms with Gasteiger partial charge < -0.3 is 10.2 Å². The van der Waals surface area contributed by atoms with Crippen molar-refractivity contribution in [3.8, 4) is 0 Å². The summed E-state index contributed by atoms with van der Waals surface area (Å²) in [4.78, 5) is 10.7. The number of hydrogen-bond donors (Lipinski definition) is 1. The predicted molar refractivity (Wildman–Crippen MR) is 67.5 cm³/mol. The zero-order chi connectivity index (χ0) is 11.3. The Bertz CT molecular complexity index is 316. The molecule has 4 nitrogen and oxygen atoms in total. The third-order valence-corrected chi connectivity index (χ3v) is 2.91. The fraction of sp³-hybridized carbons (Fsp3) is 0.600. The van der Waals surface area contributed by atoms with Crippen LogP contribution in [0.4, 0.5) is 11.6 Å². The maximum Gasteiger partial charge on any atom is 0.148 e. The van der Waals surface area contributed by atoms with Crippen LogP contribution in [0.1, 0.15) is 20.3 Å². The van der Waals surface area contributed by atoms with E-state index in [-0.39, 0.29) is 0 Å². The number of rotatable bonds is 5. The van der Waals surface area contributed by atoms with Crippen LogP contribution in [-0.4, -0.2) is 30.1 Å². The Balaban J connectivity index is 3.01. The van der Waals surface area contributed by atoms with E-state index in [1.54, 1.807) is 6.33 Å². The second-order valence-electron chi connectivity index (χ2n) is 3.19. The zero-order valence-electron chi connectivity index (χ0n) is 9.42. The molecule has 0 spiro atoms. The highest BCUT2D eigenvalue weighted by molar-refractivity contribution is 9.10. The number of nitrogens with zero attached hydrogens (tertiary/aromatic N) is 3.